The Kier molecular flexibility index (Phi) is 6.26. The summed E-state index contributed by atoms with van der Waals surface area (Å²) >= 11 is 0. The molecule has 2 aromatic carbocycles. The molecule has 1 atom stereocenters. The largest absolute Gasteiger partial charge is 0.459 e. The number of esters is 1. The van der Waals surface area contributed by atoms with Gasteiger partial charge >= 0.3 is 12.1 Å². The molecule has 1 heterocycles. The van der Waals surface area contributed by atoms with Gasteiger partial charge < -0.3 is 9.47 Å². The quantitative estimate of drug-likeness (QED) is 0.743. The zero-order valence-electron chi connectivity index (χ0n) is 15.6. The van der Waals surface area contributed by atoms with Crippen LogP contribution in [0.5, 0.6) is 0 Å². The van der Waals surface area contributed by atoms with Gasteiger partial charge in [-0.1, -0.05) is 60.7 Å². The van der Waals surface area contributed by atoms with E-state index in [4.69, 9.17) is 9.47 Å². The predicted octanol–water partition coefficient (Wildman–Crippen LogP) is 2.90. The van der Waals surface area contributed by atoms with Gasteiger partial charge in [-0.25, -0.2) is 19.6 Å². The van der Waals surface area contributed by atoms with Crippen LogP contribution in [0.2, 0.25) is 0 Å². The molecule has 0 spiro atoms. The van der Waals surface area contributed by atoms with Gasteiger partial charge in [0.15, 0.2) is 6.04 Å². The molecule has 0 bridgehead atoms. The van der Waals surface area contributed by atoms with E-state index in [9.17, 15) is 14.4 Å². The van der Waals surface area contributed by atoms with E-state index < -0.39 is 18.1 Å². The first-order valence-electron chi connectivity index (χ1n) is 9.05. The normalized spacial score (nSPS) is 16.0. The van der Waals surface area contributed by atoms with E-state index in [2.05, 4.69) is 0 Å². The number of carbonyl (C=O) groups is 3. The van der Waals surface area contributed by atoms with Gasteiger partial charge in [-0.3, -0.25) is 4.79 Å². The van der Waals surface area contributed by atoms with Crippen molar-refractivity contribution in [3.05, 3.63) is 71.8 Å². The van der Waals surface area contributed by atoms with Crippen molar-refractivity contribution in [3.63, 3.8) is 0 Å². The Bertz CT molecular complexity index is 825. The lowest BCUT2D eigenvalue weighted by molar-refractivity contribution is -0.156. The SMILES string of the molecule is CC(=O)N1CCC(C(=O)OCc2ccccc2)N1C(=O)OCc1ccccc1. The van der Waals surface area contributed by atoms with E-state index in [0.29, 0.717) is 6.42 Å². The summed E-state index contributed by atoms with van der Waals surface area (Å²) < 4.78 is 10.7. The molecule has 7 heteroatoms. The third kappa shape index (κ3) is 4.68. The van der Waals surface area contributed by atoms with Gasteiger partial charge in [0.25, 0.3) is 0 Å². The van der Waals surface area contributed by atoms with E-state index in [1.54, 1.807) is 0 Å². The molecule has 2 aromatic rings. The van der Waals surface area contributed by atoms with Gasteiger partial charge in [0.2, 0.25) is 5.91 Å². The van der Waals surface area contributed by atoms with Crippen LogP contribution >= 0.6 is 0 Å². The van der Waals surface area contributed by atoms with Gasteiger partial charge in [-0.15, -0.1) is 0 Å². The molecule has 1 fully saturated rings. The minimum Gasteiger partial charge on any atom is -0.459 e. The molecule has 0 aromatic heterocycles. The summed E-state index contributed by atoms with van der Waals surface area (Å²) in [5.41, 5.74) is 1.66. The van der Waals surface area contributed by atoms with Gasteiger partial charge in [0, 0.05) is 19.9 Å². The smallest absolute Gasteiger partial charge is 0.430 e. The van der Waals surface area contributed by atoms with E-state index >= 15 is 0 Å². The average molecular weight is 382 g/mol. The molecule has 0 saturated carbocycles. The third-order valence-electron chi connectivity index (χ3n) is 4.42. The Morgan fingerprint density at radius 2 is 1.43 bits per heavy atom. The Balaban J connectivity index is 1.65. The summed E-state index contributed by atoms with van der Waals surface area (Å²) in [6.07, 6.45) is -0.452. The highest BCUT2D eigenvalue weighted by Crippen LogP contribution is 2.22. The van der Waals surface area contributed by atoms with Crippen molar-refractivity contribution in [1.29, 1.82) is 0 Å². The monoisotopic (exact) mass is 382 g/mol. The second kappa shape index (κ2) is 9.03. The fourth-order valence-corrected chi connectivity index (χ4v) is 3.01. The van der Waals surface area contributed by atoms with Crippen LogP contribution in [0.1, 0.15) is 24.5 Å². The highest BCUT2D eigenvalue weighted by Gasteiger charge is 2.43. The van der Waals surface area contributed by atoms with Crippen molar-refractivity contribution in [2.45, 2.75) is 32.6 Å². The molecule has 1 aliphatic heterocycles. The molecule has 28 heavy (non-hydrogen) atoms. The number of hydrogen-bond donors (Lipinski definition) is 0. The number of ether oxygens (including phenoxy) is 2. The first kappa shape index (κ1) is 19.4. The van der Waals surface area contributed by atoms with Crippen LogP contribution in [0, 0.1) is 0 Å². The van der Waals surface area contributed by atoms with Crippen molar-refractivity contribution < 1.29 is 23.9 Å². The fraction of sp³-hybridized carbons (Fsp3) is 0.286. The van der Waals surface area contributed by atoms with Crippen LogP contribution in [-0.2, 0) is 32.3 Å². The summed E-state index contributed by atoms with van der Waals surface area (Å²) in [4.78, 5) is 37.1. The molecular formula is C21H22N2O5. The first-order chi connectivity index (χ1) is 13.6. The number of benzene rings is 2. The topological polar surface area (TPSA) is 76.2 Å². The van der Waals surface area contributed by atoms with E-state index in [-0.39, 0.29) is 25.7 Å². The minimum atomic E-state index is -0.893. The van der Waals surface area contributed by atoms with Crippen molar-refractivity contribution in [2.24, 2.45) is 0 Å². The third-order valence-corrected chi connectivity index (χ3v) is 4.42. The number of amides is 2. The molecule has 0 aliphatic carbocycles. The van der Waals surface area contributed by atoms with E-state index in [1.807, 2.05) is 60.7 Å². The van der Waals surface area contributed by atoms with Gasteiger partial charge in [-0.05, 0) is 11.1 Å². The highest BCUT2D eigenvalue weighted by molar-refractivity contribution is 5.85. The Labute approximate surface area is 163 Å². The lowest BCUT2D eigenvalue weighted by Crippen LogP contribution is -2.50. The number of hydrazine groups is 1. The molecule has 1 saturated heterocycles. The Morgan fingerprint density at radius 1 is 0.893 bits per heavy atom. The second-order valence-electron chi connectivity index (χ2n) is 6.42. The molecule has 1 aliphatic rings. The number of hydrogen-bond acceptors (Lipinski definition) is 5. The maximum atomic E-state index is 12.6. The van der Waals surface area contributed by atoms with Crippen molar-refractivity contribution >= 4 is 18.0 Å². The summed E-state index contributed by atoms with van der Waals surface area (Å²) in [7, 11) is 0. The molecular weight excluding hydrogens is 360 g/mol. The van der Waals surface area contributed by atoms with Crippen molar-refractivity contribution in [1.82, 2.24) is 10.0 Å². The van der Waals surface area contributed by atoms with Gasteiger partial charge in [0.1, 0.15) is 13.2 Å². The van der Waals surface area contributed by atoms with Gasteiger partial charge in [-0.2, -0.15) is 0 Å². The molecule has 0 radical (unpaired) electrons. The minimum absolute atomic E-state index is 0.0493. The standard InChI is InChI=1S/C21H22N2O5/c1-16(24)22-13-12-19(20(25)27-14-17-8-4-2-5-9-17)23(22)21(26)28-15-18-10-6-3-7-11-18/h2-11,19H,12-15H2,1H3. The lowest BCUT2D eigenvalue weighted by Gasteiger charge is -2.29. The van der Waals surface area contributed by atoms with Crippen molar-refractivity contribution in [3.8, 4) is 0 Å². The molecule has 1 unspecified atom stereocenters. The molecule has 7 nitrogen and oxygen atoms in total. The maximum Gasteiger partial charge on any atom is 0.430 e. The Hall–Kier alpha value is -3.35. The molecule has 2 amide bonds. The van der Waals surface area contributed by atoms with Crippen LogP contribution in [0.3, 0.4) is 0 Å². The van der Waals surface area contributed by atoms with Crippen LogP contribution in [0.25, 0.3) is 0 Å². The highest BCUT2D eigenvalue weighted by atomic mass is 16.6. The lowest BCUT2D eigenvalue weighted by atomic mass is 10.2. The summed E-state index contributed by atoms with van der Waals surface area (Å²) in [5.74, 6) is -0.903. The summed E-state index contributed by atoms with van der Waals surface area (Å²) in [6.45, 7) is 1.74. The average Bonchev–Trinajstić information content (AvgIpc) is 3.17. The number of rotatable bonds is 5. The zero-order valence-corrected chi connectivity index (χ0v) is 15.6. The van der Waals surface area contributed by atoms with Crippen LogP contribution < -0.4 is 0 Å². The Morgan fingerprint density at radius 3 is 1.96 bits per heavy atom. The summed E-state index contributed by atoms with van der Waals surface area (Å²) in [5, 5.41) is 2.29. The van der Waals surface area contributed by atoms with Crippen molar-refractivity contribution in [2.75, 3.05) is 6.54 Å². The second-order valence-corrected chi connectivity index (χ2v) is 6.42. The summed E-state index contributed by atoms with van der Waals surface area (Å²) in [6, 6.07) is 17.6. The van der Waals surface area contributed by atoms with E-state index in [0.717, 1.165) is 16.1 Å². The molecule has 3 rings (SSSR count). The van der Waals surface area contributed by atoms with E-state index in [1.165, 1.54) is 11.9 Å². The van der Waals surface area contributed by atoms with Gasteiger partial charge in [0.05, 0.1) is 0 Å². The van der Waals surface area contributed by atoms with Crippen LogP contribution in [-0.4, -0.2) is 40.6 Å². The first-order valence-corrected chi connectivity index (χ1v) is 9.05. The number of carbonyl (C=O) groups excluding carboxylic acids is 3. The molecule has 146 valence electrons. The maximum absolute atomic E-state index is 12.6. The predicted molar refractivity (Wildman–Crippen MR) is 100 cm³/mol. The zero-order chi connectivity index (χ0) is 19.9. The number of nitrogens with zero attached hydrogens (tertiary/aromatic N) is 2. The van der Waals surface area contributed by atoms with Crippen LogP contribution in [0.15, 0.2) is 60.7 Å². The molecule has 0 N–H and O–H groups in total. The fourth-order valence-electron chi connectivity index (χ4n) is 3.01. The van der Waals surface area contributed by atoms with Crippen LogP contribution in [0.4, 0.5) is 4.79 Å².